The Kier molecular flexibility index (Phi) is 6.05. The molecule has 2 aromatic rings. The largest absolute Gasteiger partial charge is 0.434 e. The molecule has 11 heteroatoms. The molecule has 0 saturated carbocycles. The number of nitro benzene ring substituents is 1. The monoisotopic (exact) mass is 399 g/mol. The van der Waals surface area contributed by atoms with E-state index in [2.05, 4.69) is 9.84 Å². The average Bonchev–Trinajstić information content (AvgIpc) is 2.59. The van der Waals surface area contributed by atoms with Crippen LogP contribution in [0.1, 0.15) is 18.1 Å². The van der Waals surface area contributed by atoms with E-state index < -0.39 is 21.6 Å². The minimum absolute atomic E-state index is 0.0661. The van der Waals surface area contributed by atoms with Gasteiger partial charge < -0.3 is 4.74 Å². The van der Waals surface area contributed by atoms with Crippen molar-refractivity contribution in [1.82, 2.24) is 4.83 Å². The van der Waals surface area contributed by atoms with Crippen LogP contribution in [0.25, 0.3) is 0 Å². The molecule has 0 aliphatic rings. The van der Waals surface area contributed by atoms with E-state index in [1.54, 1.807) is 6.07 Å². The number of nitro groups is 1. The number of halogens is 2. The highest BCUT2D eigenvalue weighted by atomic mass is 32.2. The molecular weight excluding hydrogens is 384 g/mol. The number of alkyl halides is 2. The van der Waals surface area contributed by atoms with Gasteiger partial charge in [0.1, 0.15) is 5.75 Å². The molecule has 2 rings (SSSR count). The van der Waals surface area contributed by atoms with Crippen LogP contribution in [-0.4, -0.2) is 25.7 Å². The summed E-state index contributed by atoms with van der Waals surface area (Å²) in [5.41, 5.74) is 0.179. The number of nitrogens with zero attached hydrogens (tertiary/aromatic N) is 2. The highest BCUT2D eigenvalue weighted by Gasteiger charge is 2.20. The van der Waals surface area contributed by atoms with Gasteiger partial charge in [0, 0.05) is 17.2 Å². The maximum atomic E-state index is 12.5. The number of sulfonamides is 1. The second-order valence-corrected chi connectivity index (χ2v) is 7.03. The van der Waals surface area contributed by atoms with Crippen molar-refractivity contribution in [2.24, 2.45) is 5.10 Å². The van der Waals surface area contributed by atoms with Crippen molar-refractivity contribution < 1.29 is 26.9 Å². The number of hydrazone groups is 1. The maximum Gasteiger partial charge on any atom is 0.387 e. The molecule has 0 spiro atoms. The smallest absolute Gasteiger partial charge is 0.387 e. The molecule has 0 aliphatic carbocycles. The van der Waals surface area contributed by atoms with E-state index in [0.717, 1.165) is 6.07 Å². The van der Waals surface area contributed by atoms with Crippen LogP contribution in [0.5, 0.6) is 5.75 Å². The van der Waals surface area contributed by atoms with Crippen LogP contribution in [0.4, 0.5) is 14.5 Å². The predicted octanol–water partition coefficient (Wildman–Crippen LogP) is 3.21. The number of benzene rings is 2. The van der Waals surface area contributed by atoms with Crippen molar-refractivity contribution in [2.45, 2.75) is 25.4 Å². The first kappa shape index (κ1) is 20.2. The Morgan fingerprint density at radius 1 is 1.26 bits per heavy atom. The Hall–Kier alpha value is -3.08. The summed E-state index contributed by atoms with van der Waals surface area (Å²) in [4.78, 5) is 11.9. The van der Waals surface area contributed by atoms with Crippen LogP contribution in [0.3, 0.4) is 0 Å². The number of aryl methyl sites for hydroxylation is 1. The van der Waals surface area contributed by atoms with Crippen molar-refractivity contribution in [2.75, 3.05) is 0 Å². The van der Waals surface area contributed by atoms with Gasteiger partial charge in [-0.3, -0.25) is 10.1 Å². The first-order chi connectivity index (χ1) is 12.6. The lowest BCUT2D eigenvalue weighted by Gasteiger charge is -2.10. The van der Waals surface area contributed by atoms with Crippen molar-refractivity contribution in [1.29, 1.82) is 0 Å². The summed E-state index contributed by atoms with van der Waals surface area (Å²) in [5.74, 6) is -0.168. The summed E-state index contributed by atoms with van der Waals surface area (Å²) in [6, 6.07) is 9.16. The third kappa shape index (κ3) is 4.97. The third-order valence-electron chi connectivity index (χ3n) is 3.51. The maximum absolute atomic E-state index is 12.5. The van der Waals surface area contributed by atoms with Gasteiger partial charge in [-0.1, -0.05) is 18.2 Å². The number of para-hydroxylation sites is 1. The molecule has 0 unspecified atom stereocenters. The van der Waals surface area contributed by atoms with Crippen molar-refractivity contribution in [3.63, 3.8) is 0 Å². The molecule has 1 N–H and O–H groups in total. The Morgan fingerprint density at radius 3 is 2.56 bits per heavy atom. The Morgan fingerprint density at radius 2 is 1.93 bits per heavy atom. The summed E-state index contributed by atoms with van der Waals surface area (Å²) >= 11 is 0. The molecule has 0 atom stereocenters. The minimum atomic E-state index is -4.20. The van der Waals surface area contributed by atoms with E-state index in [4.69, 9.17) is 0 Å². The molecule has 144 valence electrons. The predicted molar refractivity (Wildman–Crippen MR) is 93.4 cm³/mol. The van der Waals surface area contributed by atoms with E-state index in [1.807, 2.05) is 4.83 Å². The summed E-state index contributed by atoms with van der Waals surface area (Å²) < 4.78 is 54.0. The molecule has 0 saturated heterocycles. The van der Waals surface area contributed by atoms with Crippen molar-refractivity contribution >= 4 is 21.4 Å². The van der Waals surface area contributed by atoms with E-state index in [0.29, 0.717) is 5.56 Å². The topological polar surface area (TPSA) is 111 Å². The summed E-state index contributed by atoms with van der Waals surface area (Å²) in [5, 5.41) is 14.7. The van der Waals surface area contributed by atoms with Gasteiger partial charge in [0.2, 0.25) is 0 Å². The first-order valence-electron chi connectivity index (χ1n) is 7.47. The molecule has 0 aromatic heterocycles. The van der Waals surface area contributed by atoms with Gasteiger partial charge in [-0.25, -0.2) is 0 Å². The van der Waals surface area contributed by atoms with Gasteiger partial charge in [-0.05, 0) is 32.0 Å². The van der Waals surface area contributed by atoms with Crippen LogP contribution in [0.2, 0.25) is 0 Å². The zero-order chi connectivity index (χ0) is 20.2. The fourth-order valence-corrected chi connectivity index (χ4v) is 3.04. The van der Waals surface area contributed by atoms with Crippen LogP contribution >= 0.6 is 0 Å². The molecule has 0 amide bonds. The van der Waals surface area contributed by atoms with Crippen molar-refractivity contribution in [3.05, 3.63) is 63.7 Å². The van der Waals surface area contributed by atoms with Gasteiger partial charge in [-0.15, -0.1) is 0 Å². The number of hydrogen-bond donors (Lipinski definition) is 1. The van der Waals surface area contributed by atoms with Gasteiger partial charge >= 0.3 is 6.61 Å². The quantitative estimate of drug-likeness (QED) is 0.437. The SMILES string of the molecule is C/C(=N\NS(=O)(=O)c1ccc(C)c([N+](=O)[O-])c1)c1ccccc1OC(F)F. The molecule has 0 radical (unpaired) electrons. The highest BCUT2D eigenvalue weighted by Crippen LogP contribution is 2.23. The Bertz CT molecular complexity index is 993. The lowest BCUT2D eigenvalue weighted by Crippen LogP contribution is -2.20. The second kappa shape index (κ2) is 8.08. The molecule has 27 heavy (non-hydrogen) atoms. The van der Waals surface area contributed by atoms with Gasteiger partial charge in [-0.2, -0.15) is 27.1 Å². The number of nitrogens with one attached hydrogen (secondary N) is 1. The Balaban J connectivity index is 2.32. The zero-order valence-corrected chi connectivity index (χ0v) is 15.0. The summed E-state index contributed by atoms with van der Waals surface area (Å²) in [7, 11) is -4.20. The van der Waals surface area contributed by atoms with E-state index >= 15 is 0 Å². The standard InChI is InChI=1S/C16H15F2N3O5S/c1-10-7-8-12(9-14(10)21(22)23)27(24,25)20-19-11(2)13-5-3-4-6-15(13)26-16(17)18/h3-9,16,20H,1-2H3/b19-11+. The fraction of sp³-hybridized carbons (Fsp3) is 0.188. The number of hydrogen-bond acceptors (Lipinski definition) is 6. The second-order valence-electron chi connectivity index (χ2n) is 5.37. The van der Waals surface area contributed by atoms with Gasteiger partial charge in [0.25, 0.3) is 15.7 Å². The molecule has 0 bridgehead atoms. The fourth-order valence-electron chi connectivity index (χ4n) is 2.16. The number of ether oxygens (including phenoxy) is 1. The van der Waals surface area contributed by atoms with Crippen LogP contribution in [-0.2, 0) is 10.0 Å². The van der Waals surface area contributed by atoms with Crippen molar-refractivity contribution in [3.8, 4) is 5.75 Å². The first-order valence-corrected chi connectivity index (χ1v) is 8.95. The molecule has 0 fully saturated rings. The lowest BCUT2D eigenvalue weighted by molar-refractivity contribution is -0.385. The Labute approximate surface area is 153 Å². The normalized spacial score (nSPS) is 12.1. The van der Waals surface area contributed by atoms with Gasteiger partial charge in [0.05, 0.1) is 15.5 Å². The molecule has 0 heterocycles. The molecule has 0 aliphatic heterocycles. The van der Waals surface area contributed by atoms with E-state index in [-0.39, 0.29) is 27.6 Å². The molecule has 2 aromatic carbocycles. The zero-order valence-electron chi connectivity index (χ0n) is 14.2. The van der Waals surface area contributed by atoms with E-state index in [1.165, 1.54) is 44.2 Å². The third-order valence-corrected chi connectivity index (χ3v) is 4.72. The average molecular weight is 399 g/mol. The molecular formula is C16H15F2N3O5S. The van der Waals surface area contributed by atoms with Crippen LogP contribution in [0.15, 0.2) is 52.5 Å². The van der Waals surface area contributed by atoms with Crippen LogP contribution in [0, 0.1) is 17.0 Å². The van der Waals surface area contributed by atoms with Gasteiger partial charge in [0.15, 0.2) is 0 Å². The minimum Gasteiger partial charge on any atom is -0.434 e. The van der Waals surface area contributed by atoms with Crippen LogP contribution < -0.4 is 9.57 Å². The summed E-state index contributed by atoms with van der Waals surface area (Å²) in [6.07, 6.45) is 0. The summed E-state index contributed by atoms with van der Waals surface area (Å²) in [6.45, 7) is -0.179. The molecule has 8 nitrogen and oxygen atoms in total. The highest BCUT2D eigenvalue weighted by molar-refractivity contribution is 7.89. The van der Waals surface area contributed by atoms with E-state index in [9.17, 15) is 27.3 Å². The number of rotatable bonds is 7. The lowest BCUT2D eigenvalue weighted by atomic mass is 10.1.